The molecule has 6 heteroatoms. The molecule has 6 nitrogen and oxygen atoms in total. The summed E-state index contributed by atoms with van der Waals surface area (Å²) in [5, 5.41) is 21.1. The lowest BCUT2D eigenvalue weighted by Crippen LogP contribution is -2.34. The zero-order chi connectivity index (χ0) is 15.0. The Morgan fingerprint density at radius 3 is 2.48 bits per heavy atom. The van der Waals surface area contributed by atoms with Crippen LogP contribution in [0.25, 0.3) is 0 Å². The number of carboxylic acid groups (broad SMARTS) is 1. The van der Waals surface area contributed by atoms with Gasteiger partial charge in [-0.05, 0) is 42.9 Å². The van der Waals surface area contributed by atoms with Gasteiger partial charge in [-0.1, -0.05) is 6.42 Å². The first kappa shape index (κ1) is 13.7. The van der Waals surface area contributed by atoms with Crippen molar-refractivity contribution in [1.82, 2.24) is 4.90 Å². The number of benzene rings is 1. The van der Waals surface area contributed by atoms with Gasteiger partial charge in [-0.15, -0.1) is 0 Å². The number of phenolic OH excluding ortho intramolecular Hbond substituents is 1. The summed E-state index contributed by atoms with van der Waals surface area (Å²) in [7, 11) is 0. The number of carboxylic acids is 1. The summed E-state index contributed by atoms with van der Waals surface area (Å²) in [5.74, 6) is -0.135. The number of amides is 2. The van der Waals surface area contributed by atoms with E-state index >= 15 is 0 Å². The lowest BCUT2D eigenvalue weighted by molar-refractivity contribution is 0.0697. The van der Waals surface area contributed by atoms with Gasteiger partial charge in [-0.3, -0.25) is 0 Å². The summed E-state index contributed by atoms with van der Waals surface area (Å²) in [6.07, 6.45) is 3.59. The number of likely N-dealkylation sites (tertiary alicyclic amines) is 1. The third-order valence-corrected chi connectivity index (χ3v) is 4.49. The van der Waals surface area contributed by atoms with Gasteiger partial charge in [0.25, 0.3) is 0 Å². The molecule has 1 aliphatic heterocycles. The minimum Gasteiger partial charge on any atom is -0.508 e. The van der Waals surface area contributed by atoms with E-state index in [9.17, 15) is 14.7 Å². The number of carbonyl (C=O) groups is 2. The molecule has 3 N–H and O–H groups in total. The molecule has 1 aliphatic carbocycles. The highest BCUT2D eigenvalue weighted by Crippen LogP contribution is 2.37. The quantitative estimate of drug-likeness (QED) is 0.729. The number of hydrogen-bond acceptors (Lipinski definition) is 3. The molecule has 1 saturated heterocycles. The van der Waals surface area contributed by atoms with Crippen LogP contribution in [-0.2, 0) is 0 Å². The van der Waals surface area contributed by atoms with E-state index in [0.717, 1.165) is 19.2 Å². The fourth-order valence-corrected chi connectivity index (χ4v) is 3.41. The van der Waals surface area contributed by atoms with Crippen LogP contribution in [0.4, 0.5) is 10.5 Å². The van der Waals surface area contributed by atoms with Gasteiger partial charge in [0.2, 0.25) is 0 Å². The van der Waals surface area contributed by atoms with E-state index in [1.165, 1.54) is 31.4 Å². The highest BCUT2D eigenvalue weighted by Gasteiger charge is 2.38. The van der Waals surface area contributed by atoms with Crippen molar-refractivity contribution in [2.75, 3.05) is 18.4 Å². The van der Waals surface area contributed by atoms with Gasteiger partial charge in [0.05, 0.1) is 11.3 Å². The number of carbonyl (C=O) groups excluding carboxylic acids is 1. The number of fused-ring (bicyclic) bond motifs is 1. The van der Waals surface area contributed by atoms with E-state index in [0.29, 0.717) is 11.8 Å². The van der Waals surface area contributed by atoms with Gasteiger partial charge in [0, 0.05) is 13.1 Å². The summed E-state index contributed by atoms with van der Waals surface area (Å²) in [6.45, 7) is 1.49. The standard InChI is InChI=1S/C15H18N2O4/c18-11-4-5-13(12(6-11)14(19)20)16-15(21)17-7-9-2-1-3-10(9)8-17/h4-6,9-10,18H,1-3,7-8H2,(H,16,21)(H,19,20). The normalized spacial score (nSPS) is 23.9. The predicted molar refractivity (Wildman–Crippen MR) is 76.5 cm³/mol. The van der Waals surface area contributed by atoms with E-state index in [4.69, 9.17) is 5.11 Å². The first-order valence-corrected chi connectivity index (χ1v) is 7.17. The Hall–Kier alpha value is -2.24. The Kier molecular flexibility index (Phi) is 3.45. The summed E-state index contributed by atoms with van der Waals surface area (Å²) in [5.41, 5.74) is 0.102. The van der Waals surface area contributed by atoms with Crippen molar-refractivity contribution in [1.29, 1.82) is 0 Å². The maximum atomic E-state index is 12.3. The van der Waals surface area contributed by atoms with Gasteiger partial charge in [-0.25, -0.2) is 9.59 Å². The van der Waals surface area contributed by atoms with Crippen LogP contribution in [0, 0.1) is 11.8 Å². The third kappa shape index (κ3) is 2.66. The van der Waals surface area contributed by atoms with Crippen molar-refractivity contribution < 1.29 is 19.8 Å². The molecule has 2 atom stereocenters. The first-order valence-electron chi connectivity index (χ1n) is 7.17. The van der Waals surface area contributed by atoms with Crippen molar-refractivity contribution in [2.24, 2.45) is 11.8 Å². The van der Waals surface area contributed by atoms with Gasteiger partial charge < -0.3 is 20.4 Å². The molecule has 1 aromatic carbocycles. The lowest BCUT2D eigenvalue weighted by atomic mass is 10.0. The molecule has 2 fully saturated rings. The SMILES string of the molecule is O=C(O)c1cc(O)ccc1NC(=O)N1CC2CCCC2C1. The number of rotatable bonds is 2. The van der Waals surface area contributed by atoms with Crippen LogP contribution in [0.1, 0.15) is 29.6 Å². The number of anilines is 1. The van der Waals surface area contributed by atoms with Gasteiger partial charge in [0.15, 0.2) is 0 Å². The topological polar surface area (TPSA) is 89.9 Å². The van der Waals surface area contributed by atoms with Crippen LogP contribution < -0.4 is 5.32 Å². The molecule has 0 radical (unpaired) electrons. The van der Waals surface area contributed by atoms with Crippen LogP contribution in [0.15, 0.2) is 18.2 Å². The van der Waals surface area contributed by atoms with E-state index in [1.54, 1.807) is 4.90 Å². The highest BCUT2D eigenvalue weighted by molar-refractivity contribution is 6.00. The summed E-state index contributed by atoms with van der Waals surface area (Å²) in [4.78, 5) is 25.2. The Morgan fingerprint density at radius 2 is 1.86 bits per heavy atom. The largest absolute Gasteiger partial charge is 0.508 e. The average Bonchev–Trinajstić information content (AvgIpc) is 3.01. The third-order valence-electron chi connectivity index (χ3n) is 4.49. The molecule has 0 bridgehead atoms. The molecule has 2 amide bonds. The Morgan fingerprint density at radius 1 is 1.19 bits per heavy atom. The first-order chi connectivity index (χ1) is 10.0. The zero-order valence-electron chi connectivity index (χ0n) is 11.6. The molecule has 1 heterocycles. The molecule has 0 aromatic heterocycles. The van der Waals surface area contributed by atoms with Crippen molar-refractivity contribution in [3.63, 3.8) is 0 Å². The average molecular weight is 290 g/mol. The molecule has 2 unspecified atom stereocenters. The molecule has 0 spiro atoms. The number of nitrogens with one attached hydrogen (secondary N) is 1. The number of nitrogens with zero attached hydrogens (tertiary/aromatic N) is 1. The highest BCUT2D eigenvalue weighted by atomic mass is 16.4. The molecular weight excluding hydrogens is 272 g/mol. The fraction of sp³-hybridized carbons (Fsp3) is 0.467. The Balaban J connectivity index is 1.72. The van der Waals surface area contributed by atoms with Crippen LogP contribution in [0.3, 0.4) is 0 Å². The molecule has 3 rings (SSSR count). The van der Waals surface area contributed by atoms with Gasteiger partial charge in [-0.2, -0.15) is 0 Å². The van der Waals surface area contributed by atoms with E-state index in [-0.39, 0.29) is 23.0 Å². The maximum Gasteiger partial charge on any atom is 0.337 e. The van der Waals surface area contributed by atoms with E-state index in [1.807, 2.05) is 0 Å². The predicted octanol–water partition coefficient (Wildman–Crippen LogP) is 2.35. The number of phenols is 1. The van der Waals surface area contributed by atoms with E-state index in [2.05, 4.69) is 5.32 Å². The van der Waals surface area contributed by atoms with Crippen molar-refractivity contribution in [3.05, 3.63) is 23.8 Å². The Bertz CT molecular complexity index is 575. The second kappa shape index (κ2) is 5.27. The van der Waals surface area contributed by atoms with Crippen molar-refractivity contribution >= 4 is 17.7 Å². The van der Waals surface area contributed by atoms with Crippen LogP contribution >= 0.6 is 0 Å². The molecular formula is C15H18N2O4. The molecule has 21 heavy (non-hydrogen) atoms. The molecule has 1 saturated carbocycles. The molecule has 2 aliphatic rings. The summed E-state index contributed by atoms with van der Waals surface area (Å²) >= 11 is 0. The van der Waals surface area contributed by atoms with Gasteiger partial charge in [0.1, 0.15) is 5.75 Å². The van der Waals surface area contributed by atoms with Crippen molar-refractivity contribution in [3.8, 4) is 5.75 Å². The lowest BCUT2D eigenvalue weighted by Gasteiger charge is -2.19. The molecule has 1 aromatic rings. The number of aromatic carboxylic acids is 1. The number of hydrogen-bond donors (Lipinski definition) is 3. The smallest absolute Gasteiger partial charge is 0.337 e. The summed E-state index contributed by atoms with van der Waals surface area (Å²) < 4.78 is 0. The second-order valence-corrected chi connectivity index (χ2v) is 5.82. The van der Waals surface area contributed by atoms with Crippen LogP contribution in [-0.4, -0.2) is 40.2 Å². The minimum atomic E-state index is -1.18. The monoisotopic (exact) mass is 290 g/mol. The maximum absolute atomic E-state index is 12.3. The number of aromatic hydroxyl groups is 1. The zero-order valence-corrected chi connectivity index (χ0v) is 11.6. The van der Waals surface area contributed by atoms with Crippen LogP contribution in [0.2, 0.25) is 0 Å². The fourth-order valence-electron chi connectivity index (χ4n) is 3.41. The summed E-state index contributed by atoms with van der Waals surface area (Å²) in [6, 6.07) is 3.64. The minimum absolute atomic E-state index is 0.109. The number of urea groups is 1. The molecule has 112 valence electrons. The van der Waals surface area contributed by atoms with Gasteiger partial charge >= 0.3 is 12.0 Å². The Labute approximate surface area is 122 Å². The second-order valence-electron chi connectivity index (χ2n) is 5.82. The van der Waals surface area contributed by atoms with E-state index < -0.39 is 5.97 Å². The van der Waals surface area contributed by atoms with Crippen molar-refractivity contribution in [2.45, 2.75) is 19.3 Å². The van der Waals surface area contributed by atoms with Crippen LogP contribution in [0.5, 0.6) is 5.75 Å².